The third-order valence-corrected chi connectivity index (χ3v) is 3.97. The highest BCUT2D eigenvalue weighted by molar-refractivity contribution is 5.73. The molecule has 0 saturated carbocycles. The smallest absolute Gasteiger partial charge is 0.408 e. The highest BCUT2D eigenvalue weighted by Crippen LogP contribution is 2.16. The monoisotopic (exact) mass is 275 g/mol. The third kappa shape index (κ3) is 2.64. The van der Waals surface area contributed by atoms with Gasteiger partial charge in [0.2, 0.25) is 0 Å². The largest absolute Gasteiger partial charge is 0.419 e. The van der Waals surface area contributed by atoms with Crippen LogP contribution in [0, 0.1) is 0 Å². The number of aryl methyl sites for hydroxylation is 1. The van der Waals surface area contributed by atoms with Gasteiger partial charge in [-0.05, 0) is 31.0 Å². The van der Waals surface area contributed by atoms with Gasteiger partial charge in [0.15, 0.2) is 5.58 Å². The first-order valence-corrected chi connectivity index (χ1v) is 7.33. The summed E-state index contributed by atoms with van der Waals surface area (Å²) in [6, 6.07) is 6.06. The Kier molecular flexibility index (Phi) is 3.89. The lowest BCUT2D eigenvalue weighted by molar-refractivity contribution is 0.244. The van der Waals surface area contributed by atoms with Crippen LogP contribution in [0.15, 0.2) is 27.4 Å². The van der Waals surface area contributed by atoms with Crippen molar-refractivity contribution in [3.05, 3.63) is 34.3 Å². The molecule has 0 bridgehead atoms. The van der Waals surface area contributed by atoms with Crippen molar-refractivity contribution in [3.8, 4) is 0 Å². The highest BCUT2D eigenvalue weighted by atomic mass is 16.4. The van der Waals surface area contributed by atoms with Crippen LogP contribution >= 0.6 is 0 Å². The van der Waals surface area contributed by atoms with E-state index in [0.29, 0.717) is 12.1 Å². The molecule has 0 aliphatic carbocycles. The number of fused-ring (bicyclic) bond motifs is 1. The molecule has 1 aliphatic rings. The number of nitrogens with one attached hydrogen (secondary N) is 1. The molecule has 2 aromatic rings. The molecular formula is C15H21N3O2. The van der Waals surface area contributed by atoms with Gasteiger partial charge >= 0.3 is 5.76 Å². The normalized spacial score (nSPS) is 16.9. The second kappa shape index (κ2) is 5.81. The quantitative estimate of drug-likeness (QED) is 0.906. The fourth-order valence-electron chi connectivity index (χ4n) is 2.78. The zero-order valence-corrected chi connectivity index (χ0v) is 11.9. The van der Waals surface area contributed by atoms with Crippen LogP contribution in [0.2, 0.25) is 0 Å². The standard InChI is InChI=1S/C15H21N3O2/c1-2-18-13-11-12(3-4-14(13)20-15(18)19)5-8-17-9-6-16-7-10-17/h3-4,11,16H,2,5-10H2,1H3. The number of nitrogens with zero attached hydrogens (tertiary/aromatic N) is 2. The fourth-order valence-corrected chi connectivity index (χ4v) is 2.78. The van der Waals surface area contributed by atoms with E-state index in [1.54, 1.807) is 4.57 Å². The molecule has 20 heavy (non-hydrogen) atoms. The second-order valence-electron chi connectivity index (χ2n) is 5.26. The number of hydrogen-bond acceptors (Lipinski definition) is 4. The predicted molar refractivity (Wildman–Crippen MR) is 79.2 cm³/mol. The number of aromatic nitrogens is 1. The Hall–Kier alpha value is -1.59. The number of hydrogen-bond donors (Lipinski definition) is 1. The first kappa shape index (κ1) is 13.4. The first-order valence-electron chi connectivity index (χ1n) is 7.33. The van der Waals surface area contributed by atoms with Crippen molar-refractivity contribution in [1.82, 2.24) is 14.8 Å². The highest BCUT2D eigenvalue weighted by Gasteiger charge is 2.11. The summed E-state index contributed by atoms with van der Waals surface area (Å²) in [6.07, 6.45) is 1.01. The molecule has 0 atom stereocenters. The van der Waals surface area contributed by atoms with E-state index in [1.807, 2.05) is 13.0 Å². The van der Waals surface area contributed by atoms with Crippen LogP contribution < -0.4 is 11.1 Å². The van der Waals surface area contributed by atoms with Crippen LogP contribution in [0.25, 0.3) is 11.1 Å². The second-order valence-corrected chi connectivity index (χ2v) is 5.26. The Bertz CT molecular complexity index is 638. The molecule has 0 radical (unpaired) electrons. The minimum Gasteiger partial charge on any atom is -0.408 e. The van der Waals surface area contributed by atoms with E-state index in [1.165, 1.54) is 5.56 Å². The van der Waals surface area contributed by atoms with Crippen molar-refractivity contribution >= 4 is 11.1 Å². The van der Waals surface area contributed by atoms with Gasteiger partial charge in [0.1, 0.15) is 0 Å². The first-order chi connectivity index (χ1) is 9.78. The summed E-state index contributed by atoms with van der Waals surface area (Å²) in [5.74, 6) is -0.262. The summed E-state index contributed by atoms with van der Waals surface area (Å²) in [5.41, 5.74) is 2.86. The van der Waals surface area contributed by atoms with Gasteiger partial charge in [-0.3, -0.25) is 4.57 Å². The Labute approximate surface area is 118 Å². The van der Waals surface area contributed by atoms with E-state index in [0.717, 1.165) is 44.7 Å². The Morgan fingerprint density at radius 3 is 2.85 bits per heavy atom. The molecule has 5 nitrogen and oxygen atoms in total. The van der Waals surface area contributed by atoms with Crippen LogP contribution in [0.1, 0.15) is 12.5 Å². The molecular weight excluding hydrogens is 254 g/mol. The molecule has 1 aromatic carbocycles. The van der Waals surface area contributed by atoms with E-state index >= 15 is 0 Å². The molecule has 0 unspecified atom stereocenters. The average Bonchev–Trinajstić information content (AvgIpc) is 2.80. The zero-order chi connectivity index (χ0) is 13.9. The van der Waals surface area contributed by atoms with Gasteiger partial charge in [-0.2, -0.15) is 0 Å². The summed E-state index contributed by atoms with van der Waals surface area (Å²) in [6.45, 7) is 8.08. The summed E-state index contributed by atoms with van der Waals surface area (Å²) < 4.78 is 6.91. The van der Waals surface area contributed by atoms with Gasteiger partial charge in [-0.1, -0.05) is 6.07 Å². The predicted octanol–water partition coefficient (Wildman–Crippen LogP) is 1.06. The summed E-state index contributed by atoms with van der Waals surface area (Å²) in [5, 5.41) is 3.36. The van der Waals surface area contributed by atoms with Crippen LogP contribution in [0.4, 0.5) is 0 Å². The van der Waals surface area contributed by atoms with Gasteiger partial charge in [0, 0.05) is 39.3 Å². The summed E-state index contributed by atoms with van der Waals surface area (Å²) >= 11 is 0. The lowest BCUT2D eigenvalue weighted by Gasteiger charge is -2.27. The van der Waals surface area contributed by atoms with Crippen molar-refractivity contribution in [2.45, 2.75) is 19.9 Å². The Balaban J connectivity index is 1.76. The maximum atomic E-state index is 11.7. The number of benzene rings is 1. The van der Waals surface area contributed by atoms with E-state index in [4.69, 9.17) is 4.42 Å². The van der Waals surface area contributed by atoms with E-state index < -0.39 is 0 Å². The van der Waals surface area contributed by atoms with Gasteiger partial charge in [-0.15, -0.1) is 0 Å². The number of rotatable bonds is 4. The molecule has 1 saturated heterocycles. The van der Waals surface area contributed by atoms with Crippen LogP contribution in [-0.2, 0) is 13.0 Å². The fraction of sp³-hybridized carbons (Fsp3) is 0.533. The molecule has 1 N–H and O–H groups in total. The van der Waals surface area contributed by atoms with Crippen molar-refractivity contribution in [1.29, 1.82) is 0 Å². The Morgan fingerprint density at radius 2 is 2.10 bits per heavy atom. The van der Waals surface area contributed by atoms with Crippen molar-refractivity contribution in [2.24, 2.45) is 0 Å². The zero-order valence-electron chi connectivity index (χ0n) is 11.9. The molecule has 108 valence electrons. The van der Waals surface area contributed by atoms with E-state index in [9.17, 15) is 4.79 Å². The summed E-state index contributed by atoms with van der Waals surface area (Å²) in [4.78, 5) is 14.1. The molecule has 1 aromatic heterocycles. The molecule has 5 heteroatoms. The number of oxazole rings is 1. The molecule has 0 amide bonds. The third-order valence-electron chi connectivity index (χ3n) is 3.97. The molecule has 0 spiro atoms. The lowest BCUT2D eigenvalue weighted by atomic mass is 10.1. The average molecular weight is 275 g/mol. The topological polar surface area (TPSA) is 50.4 Å². The molecule has 3 rings (SSSR count). The van der Waals surface area contributed by atoms with Crippen LogP contribution in [-0.4, -0.2) is 42.2 Å². The number of piperazine rings is 1. The lowest BCUT2D eigenvalue weighted by Crippen LogP contribution is -2.44. The van der Waals surface area contributed by atoms with Gasteiger partial charge in [0.05, 0.1) is 5.52 Å². The van der Waals surface area contributed by atoms with Crippen LogP contribution in [0.3, 0.4) is 0 Å². The minimum absolute atomic E-state index is 0.262. The minimum atomic E-state index is -0.262. The van der Waals surface area contributed by atoms with E-state index in [-0.39, 0.29) is 5.76 Å². The molecule has 1 aliphatic heterocycles. The van der Waals surface area contributed by atoms with Gasteiger partial charge < -0.3 is 14.6 Å². The summed E-state index contributed by atoms with van der Waals surface area (Å²) in [7, 11) is 0. The van der Waals surface area contributed by atoms with E-state index in [2.05, 4.69) is 22.3 Å². The Morgan fingerprint density at radius 1 is 1.30 bits per heavy atom. The maximum Gasteiger partial charge on any atom is 0.419 e. The van der Waals surface area contributed by atoms with Gasteiger partial charge in [0.25, 0.3) is 0 Å². The van der Waals surface area contributed by atoms with Crippen LogP contribution in [0.5, 0.6) is 0 Å². The van der Waals surface area contributed by atoms with Gasteiger partial charge in [-0.25, -0.2) is 4.79 Å². The molecule has 2 heterocycles. The molecule has 1 fully saturated rings. The SMILES string of the molecule is CCn1c(=O)oc2ccc(CCN3CCNCC3)cc21. The maximum absolute atomic E-state index is 11.7. The van der Waals surface area contributed by atoms with Crippen molar-refractivity contribution in [2.75, 3.05) is 32.7 Å². The van der Waals surface area contributed by atoms with Crippen molar-refractivity contribution < 1.29 is 4.42 Å². The van der Waals surface area contributed by atoms with Crippen molar-refractivity contribution in [3.63, 3.8) is 0 Å².